The van der Waals surface area contributed by atoms with Gasteiger partial charge < -0.3 is 16.4 Å². The maximum Gasteiger partial charge on any atom is 0.248 e. The second-order valence-electron chi connectivity index (χ2n) is 5.20. The van der Waals surface area contributed by atoms with Gasteiger partial charge in [-0.1, -0.05) is 30.3 Å². The SMILES string of the molecule is CCNC(=NCc1ccc(C(N)=O)cc1)NCc1ccccc1F. The normalized spacial score (nSPS) is 11.2. The summed E-state index contributed by atoms with van der Waals surface area (Å²) in [5, 5.41) is 6.22. The zero-order valence-electron chi connectivity index (χ0n) is 13.6. The summed E-state index contributed by atoms with van der Waals surface area (Å²) in [5.41, 5.74) is 7.21. The van der Waals surface area contributed by atoms with Crippen LogP contribution in [0.5, 0.6) is 0 Å². The van der Waals surface area contributed by atoms with Crippen LogP contribution in [0.25, 0.3) is 0 Å². The monoisotopic (exact) mass is 328 g/mol. The molecule has 0 fully saturated rings. The van der Waals surface area contributed by atoms with Gasteiger partial charge in [-0.15, -0.1) is 0 Å². The zero-order valence-corrected chi connectivity index (χ0v) is 13.6. The fourth-order valence-electron chi connectivity index (χ4n) is 2.11. The van der Waals surface area contributed by atoms with Crippen molar-refractivity contribution in [3.63, 3.8) is 0 Å². The lowest BCUT2D eigenvalue weighted by atomic mass is 10.1. The molecule has 0 aliphatic heterocycles. The highest BCUT2D eigenvalue weighted by Gasteiger charge is 2.03. The molecule has 5 nitrogen and oxygen atoms in total. The van der Waals surface area contributed by atoms with E-state index in [1.165, 1.54) is 6.07 Å². The molecule has 2 aromatic rings. The van der Waals surface area contributed by atoms with E-state index in [1.54, 1.807) is 30.3 Å². The van der Waals surface area contributed by atoms with Crippen molar-refractivity contribution in [2.45, 2.75) is 20.0 Å². The molecule has 0 radical (unpaired) electrons. The lowest BCUT2D eigenvalue weighted by molar-refractivity contribution is 0.100. The van der Waals surface area contributed by atoms with Gasteiger partial charge in [-0.3, -0.25) is 4.79 Å². The summed E-state index contributed by atoms with van der Waals surface area (Å²) in [6, 6.07) is 13.6. The first-order chi connectivity index (χ1) is 11.6. The largest absolute Gasteiger partial charge is 0.366 e. The Labute approximate surface area is 140 Å². The third-order valence-electron chi connectivity index (χ3n) is 3.41. The molecule has 2 rings (SSSR count). The maximum absolute atomic E-state index is 13.6. The molecule has 1 amide bonds. The molecule has 0 heterocycles. The molecule has 0 aliphatic rings. The molecule has 2 aromatic carbocycles. The van der Waals surface area contributed by atoms with Crippen molar-refractivity contribution in [2.75, 3.05) is 6.54 Å². The Hall–Kier alpha value is -2.89. The van der Waals surface area contributed by atoms with Crippen molar-refractivity contribution in [1.82, 2.24) is 10.6 Å². The number of aliphatic imine (C=N–C) groups is 1. The van der Waals surface area contributed by atoms with Gasteiger partial charge in [0.05, 0.1) is 6.54 Å². The van der Waals surface area contributed by atoms with E-state index in [-0.39, 0.29) is 5.82 Å². The molecule has 0 spiro atoms. The fourth-order valence-corrected chi connectivity index (χ4v) is 2.11. The molecule has 0 bridgehead atoms. The molecule has 0 saturated heterocycles. The summed E-state index contributed by atoms with van der Waals surface area (Å²) in [6.45, 7) is 3.44. The lowest BCUT2D eigenvalue weighted by Crippen LogP contribution is -2.37. The summed E-state index contributed by atoms with van der Waals surface area (Å²) in [6.07, 6.45) is 0. The van der Waals surface area contributed by atoms with E-state index in [4.69, 9.17) is 5.73 Å². The van der Waals surface area contributed by atoms with Crippen molar-refractivity contribution < 1.29 is 9.18 Å². The number of amides is 1. The molecule has 4 N–H and O–H groups in total. The van der Waals surface area contributed by atoms with Gasteiger partial charge in [-0.2, -0.15) is 0 Å². The van der Waals surface area contributed by atoms with Crippen LogP contribution in [0.4, 0.5) is 4.39 Å². The Morgan fingerprint density at radius 3 is 2.46 bits per heavy atom. The molecular weight excluding hydrogens is 307 g/mol. The predicted octanol–water partition coefficient (Wildman–Crippen LogP) is 2.18. The smallest absolute Gasteiger partial charge is 0.248 e. The molecule has 0 aliphatic carbocycles. The average molecular weight is 328 g/mol. The van der Waals surface area contributed by atoms with Crippen LogP contribution in [0.15, 0.2) is 53.5 Å². The highest BCUT2D eigenvalue weighted by molar-refractivity contribution is 5.92. The van der Waals surface area contributed by atoms with Gasteiger partial charge >= 0.3 is 0 Å². The molecule has 0 saturated carbocycles. The zero-order chi connectivity index (χ0) is 17.4. The van der Waals surface area contributed by atoms with E-state index in [0.29, 0.717) is 36.7 Å². The number of halogens is 1. The first-order valence-corrected chi connectivity index (χ1v) is 7.74. The third-order valence-corrected chi connectivity index (χ3v) is 3.41. The Bertz CT molecular complexity index is 713. The summed E-state index contributed by atoms with van der Waals surface area (Å²) in [7, 11) is 0. The standard InChI is InChI=1S/C18H21FN4O/c1-2-21-18(23-12-15-5-3-4-6-16(15)19)22-11-13-7-9-14(10-8-13)17(20)24/h3-10H,2,11-12H2,1H3,(H2,20,24)(H2,21,22,23). The minimum Gasteiger partial charge on any atom is -0.366 e. The fraction of sp³-hybridized carbons (Fsp3) is 0.222. The quantitative estimate of drug-likeness (QED) is 0.562. The molecule has 0 atom stereocenters. The predicted molar refractivity (Wildman–Crippen MR) is 93.0 cm³/mol. The van der Waals surface area contributed by atoms with Crippen molar-refractivity contribution in [3.8, 4) is 0 Å². The van der Waals surface area contributed by atoms with Crippen molar-refractivity contribution in [3.05, 3.63) is 71.0 Å². The van der Waals surface area contributed by atoms with Gasteiger partial charge in [0.25, 0.3) is 0 Å². The first kappa shape index (κ1) is 17.5. The number of nitrogens with one attached hydrogen (secondary N) is 2. The van der Waals surface area contributed by atoms with Gasteiger partial charge in [-0.25, -0.2) is 9.38 Å². The summed E-state index contributed by atoms with van der Waals surface area (Å²) in [5.74, 6) is -0.104. The van der Waals surface area contributed by atoms with Crippen LogP contribution in [0.3, 0.4) is 0 Å². The van der Waals surface area contributed by atoms with E-state index in [9.17, 15) is 9.18 Å². The Balaban J connectivity index is 1.99. The van der Waals surface area contributed by atoms with Crippen LogP contribution >= 0.6 is 0 Å². The summed E-state index contributed by atoms with van der Waals surface area (Å²) in [4.78, 5) is 15.5. The van der Waals surface area contributed by atoms with Gasteiger partial charge in [0, 0.05) is 24.2 Å². The Kier molecular flexibility index (Phi) is 6.31. The Morgan fingerprint density at radius 1 is 1.12 bits per heavy atom. The second-order valence-corrected chi connectivity index (χ2v) is 5.20. The number of benzene rings is 2. The highest BCUT2D eigenvalue weighted by atomic mass is 19.1. The number of hydrogen-bond acceptors (Lipinski definition) is 2. The van der Waals surface area contributed by atoms with Gasteiger partial charge in [0.15, 0.2) is 5.96 Å². The summed E-state index contributed by atoms with van der Waals surface area (Å²) >= 11 is 0. The number of primary amides is 1. The summed E-state index contributed by atoms with van der Waals surface area (Å²) < 4.78 is 13.6. The van der Waals surface area contributed by atoms with Crippen LogP contribution in [0.2, 0.25) is 0 Å². The Morgan fingerprint density at radius 2 is 1.83 bits per heavy atom. The minimum atomic E-state index is -0.454. The van der Waals surface area contributed by atoms with Crippen molar-refractivity contribution >= 4 is 11.9 Å². The number of guanidine groups is 1. The molecule has 0 unspecified atom stereocenters. The molecule has 6 heteroatoms. The van der Waals surface area contributed by atoms with Crippen LogP contribution < -0.4 is 16.4 Å². The van der Waals surface area contributed by atoms with Crippen LogP contribution in [0.1, 0.15) is 28.4 Å². The van der Waals surface area contributed by atoms with Crippen molar-refractivity contribution in [2.24, 2.45) is 10.7 Å². The third kappa shape index (κ3) is 5.08. The van der Waals surface area contributed by atoms with Gasteiger partial charge in [0.1, 0.15) is 5.82 Å². The van der Waals surface area contributed by atoms with E-state index in [1.807, 2.05) is 19.1 Å². The maximum atomic E-state index is 13.6. The van der Waals surface area contributed by atoms with E-state index in [0.717, 1.165) is 5.56 Å². The number of carbonyl (C=O) groups is 1. The number of nitrogens with two attached hydrogens (primary N) is 1. The van der Waals surface area contributed by atoms with Crippen LogP contribution in [-0.2, 0) is 13.1 Å². The molecule has 126 valence electrons. The van der Waals surface area contributed by atoms with Crippen molar-refractivity contribution in [1.29, 1.82) is 0 Å². The topological polar surface area (TPSA) is 79.5 Å². The van der Waals surface area contributed by atoms with Gasteiger partial charge in [0.2, 0.25) is 5.91 Å². The molecule has 24 heavy (non-hydrogen) atoms. The number of carbonyl (C=O) groups excluding carboxylic acids is 1. The van der Waals surface area contributed by atoms with E-state index >= 15 is 0 Å². The number of nitrogens with zero attached hydrogens (tertiary/aromatic N) is 1. The van der Waals surface area contributed by atoms with Gasteiger partial charge in [-0.05, 0) is 30.7 Å². The average Bonchev–Trinajstić information content (AvgIpc) is 2.59. The van der Waals surface area contributed by atoms with E-state index in [2.05, 4.69) is 15.6 Å². The molecule has 0 aromatic heterocycles. The highest BCUT2D eigenvalue weighted by Crippen LogP contribution is 2.07. The molecular formula is C18H21FN4O. The number of rotatable bonds is 6. The minimum absolute atomic E-state index is 0.247. The van der Waals surface area contributed by atoms with Crippen LogP contribution in [0, 0.1) is 5.82 Å². The second kappa shape index (κ2) is 8.67. The van der Waals surface area contributed by atoms with Crippen LogP contribution in [-0.4, -0.2) is 18.4 Å². The number of hydrogen-bond donors (Lipinski definition) is 3. The lowest BCUT2D eigenvalue weighted by Gasteiger charge is -2.12. The first-order valence-electron chi connectivity index (χ1n) is 7.74. The van der Waals surface area contributed by atoms with E-state index < -0.39 is 5.91 Å².